The van der Waals surface area contributed by atoms with Gasteiger partial charge in [-0.15, -0.1) is 5.10 Å². The second-order valence-electron chi connectivity index (χ2n) is 5.62. The molecule has 0 saturated carbocycles. The molecule has 0 aromatic carbocycles. The van der Waals surface area contributed by atoms with Crippen LogP contribution in [0.25, 0.3) is 0 Å². The van der Waals surface area contributed by atoms with E-state index < -0.39 is 0 Å². The summed E-state index contributed by atoms with van der Waals surface area (Å²) in [5, 5.41) is 8.11. The molecule has 1 aliphatic rings. The molecule has 1 aromatic heterocycles. The number of piperazine rings is 1. The van der Waals surface area contributed by atoms with E-state index in [1.807, 2.05) is 10.9 Å². The molecule has 0 radical (unpaired) electrons. The number of aromatic nitrogens is 3. The van der Waals surface area contributed by atoms with Crippen molar-refractivity contribution in [3.63, 3.8) is 0 Å². The lowest BCUT2D eigenvalue weighted by atomic mass is 10.0. The maximum atomic E-state index is 6.36. The first-order chi connectivity index (χ1) is 9.11. The molecule has 1 aromatic rings. The van der Waals surface area contributed by atoms with Gasteiger partial charge in [0.25, 0.3) is 0 Å². The van der Waals surface area contributed by atoms with Crippen molar-refractivity contribution in [1.82, 2.24) is 24.8 Å². The Kier molecular flexibility index (Phi) is 4.90. The minimum Gasteiger partial charge on any atom is -0.323 e. The monoisotopic (exact) mass is 266 g/mol. The molecule has 19 heavy (non-hydrogen) atoms. The number of likely N-dealkylation sites (N-methyl/N-ethyl adjacent to an activating group) is 2. The number of hydrogen-bond acceptors (Lipinski definition) is 5. The Morgan fingerprint density at radius 3 is 2.95 bits per heavy atom. The molecule has 2 N–H and O–H groups in total. The van der Waals surface area contributed by atoms with Crippen LogP contribution in [-0.4, -0.2) is 64.6 Å². The first-order valence-corrected chi connectivity index (χ1v) is 7.14. The van der Waals surface area contributed by atoms with Crippen molar-refractivity contribution in [2.75, 3.05) is 33.7 Å². The molecule has 6 nitrogen and oxygen atoms in total. The van der Waals surface area contributed by atoms with Gasteiger partial charge in [-0.3, -0.25) is 0 Å². The Balaban J connectivity index is 1.99. The van der Waals surface area contributed by atoms with Crippen LogP contribution < -0.4 is 5.73 Å². The molecule has 2 heterocycles. The van der Waals surface area contributed by atoms with E-state index in [0.717, 1.165) is 44.7 Å². The van der Waals surface area contributed by atoms with Crippen LogP contribution in [0.2, 0.25) is 0 Å². The fourth-order valence-corrected chi connectivity index (χ4v) is 2.71. The van der Waals surface area contributed by atoms with Gasteiger partial charge in [-0.2, -0.15) is 0 Å². The number of hydrogen-bond donors (Lipinski definition) is 1. The Morgan fingerprint density at radius 2 is 2.21 bits per heavy atom. The van der Waals surface area contributed by atoms with Crippen molar-refractivity contribution in [3.8, 4) is 0 Å². The van der Waals surface area contributed by atoms with Crippen LogP contribution in [0.1, 0.15) is 31.5 Å². The standard InChI is InChI=1S/C13H26N6/c1-4-5-19-13(9-15-16-19)12(14)8-11-10-17(2)6-7-18(11)3/h9,11-12H,4-8,10,14H2,1-3H3. The summed E-state index contributed by atoms with van der Waals surface area (Å²) in [6, 6.07) is 0.527. The number of aryl methyl sites for hydroxylation is 1. The SMILES string of the molecule is CCCn1nncc1C(N)CC1CN(C)CCN1C. The van der Waals surface area contributed by atoms with Crippen LogP contribution in [0.15, 0.2) is 6.20 Å². The second kappa shape index (κ2) is 6.45. The van der Waals surface area contributed by atoms with Crippen molar-refractivity contribution >= 4 is 0 Å². The van der Waals surface area contributed by atoms with Gasteiger partial charge in [0.15, 0.2) is 0 Å². The van der Waals surface area contributed by atoms with E-state index >= 15 is 0 Å². The normalized spacial score (nSPS) is 23.7. The van der Waals surface area contributed by atoms with Crippen molar-refractivity contribution in [2.45, 2.75) is 38.4 Å². The number of rotatable bonds is 5. The predicted molar refractivity (Wildman–Crippen MR) is 75.8 cm³/mol. The molecule has 108 valence electrons. The molecule has 0 spiro atoms. The second-order valence-corrected chi connectivity index (χ2v) is 5.62. The van der Waals surface area contributed by atoms with Gasteiger partial charge in [-0.05, 0) is 26.9 Å². The minimum absolute atomic E-state index is 0.0144. The van der Waals surface area contributed by atoms with Crippen LogP contribution >= 0.6 is 0 Å². The molecule has 0 amide bonds. The van der Waals surface area contributed by atoms with Crippen LogP contribution in [0, 0.1) is 0 Å². The van der Waals surface area contributed by atoms with E-state index in [-0.39, 0.29) is 6.04 Å². The number of nitrogens with zero attached hydrogens (tertiary/aromatic N) is 5. The Bertz CT molecular complexity index is 390. The summed E-state index contributed by atoms with van der Waals surface area (Å²) >= 11 is 0. The molecule has 0 bridgehead atoms. The lowest BCUT2D eigenvalue weighted by Crippen LogP contribution is -2.50. The van der Waals surface area contributed by atoms with Gasteiger partial charge < -0.3 is 15.5 Å². The van der Waals surface area contributed by atoms with Crippen LogP contribution in [-0.2, 0) is 6.54 Å². The Labute approximate surface area is 115 Å². The molecule has 1 fully saturated rings. The highest BCUT2D eigenvalue weighted by atomic mass is 15.4. The van der Waals surface area contributed by atoms with Gasteiger partial charge in [-0.25, -0.2) is 4.68 Å². The predicted octanol–water partition coefficient (Wildman–Crippen LogP) is 0.324. The van der Waals surface area contributed by atoms with E-state index in [1.54, 1.807) is 0 Å². The minimum atomic E-state index is 0.0144. The summed E-state index contributed by atoms with van der Waals surface area (Å²) in [6.07, 6.45) is 3.82. The zero-order valence-electron chi connectivity index (χ0n) is 12.3. The number of nitrogens with two attached hydrogens (primary N) is 1. The van der Waals surface area contributed by atoms with Crippen molar-refractivity contribution in [1.29, 1.82) is 0 Å². The molecular formula is C13H26N6. The molecule has 6 heteroatoms. The molecule has 0 aliphatic carbocycles. The molecule has 2 unspecified atom stereocenters. The Morgan fingerprint density at radius 1 is 1.42 bits per heavy atom. The van der Waals surface area contributed by atoms with Gasteiger partial charge in [-0.1, -0.05) is 12.1 Å². The summed E-state index contributed by atoms with van der Waals surface area (Å²) in [4.78, 5) is 4.78. The zero-order chi connectivity index (χ0) is 13.8. The van der Waals surface area contributed by atoms with Gasteiger partial charge in [0.05, 0.1) is 11.9 Å². The van der Waals surface area contributed by atoms with E-state index in [4.69, 9.17) is 5.73 Å². The van der Waals surface area contributed by atoms with E-state index in [2.05, 4.69) is 41.1 Å². The Hall–Kier alpha value is -0.980. The van der Waals surface area contributed by atoms with Crippen LogP contribution in [0.4, 0.5) is 0 Å². The van der Waals surface area contributed by atoms with E-state index in [0.29, 0.717) is 6.04 Å². The van der Waals surface area contributed by atoms with Gasteiger partial charge in [0.1, 0.15) is 0 Å². The fraction of sp³-hybridized carbons (Fsp3) is 0.846. The molecule has 2 rings (SSSR count). The maximum Gasteiger partial charge on any atom is 0.0754 e. The maximum absolute atomic E-state index is 6.36. The average Bonchev–Trinajstić information content (AvgIpc) is 2.82. The van der Waals surface area contributed by atoms with Crippen molar-refractivity contribution < 1.29 is 0 Å². The lowest BCUT2D eigenvalue weighted by Gasteiger charge is -2.38. The van der Waals surface area contributed by atoms with Crippen molar-refractivity contribution in [2.24, 2.45) is 5.73 Å². The smallest absolute Gasteiger partial charge is 0.0754 e. The van der Waals surface area contributed by atoms with Gasteiger partial charge >= 0.3 is 0 Å². The third-order valence-electron chi connectivity index (χ3n) is 3.97. The lowest BCUT2D eigenvalue weighted by molar-refractivity contribution is 0.103. The summed E-state index contributed by atoms with van der Waals surface area (Å²) in [5.41, 5.74) is 7.42. The van der Waals surface area contributed by atoms with Crippen LogP contribution in [0.3, 0.4) is 0 Å². The van der Waals surface area contributed by atoms with E-state index in [9.17, 15) is 0 Å². The fourth-order valence-electron chi connectivity index (χ4n) is 2.71. The molecule has 1 aliphatic heterocycles. The van der Waals surface area contributed by atoms with Gasteiger partial charge in [0.2, 0.25) is 0 Å². The summed E-state index contributed by atoms with van der Waals surface area (Å²) < 4.78 is 1.94. The largest absolute Gasteiger partial charge is 0.323 e. The highest BCUT2D eigenvalue weighted by Gasteiger charge is 2.25. The average molecular weight is 266 g/mol. The van der Waals surface area contributed by atoms with Gasteiger partial charge in [0, 0.05) is 38.3 Å². The van der Waals surface area contributed by atoms with Crippen LogP contribution in [0.5, 0.6) is 0 Å². The first-order valence-electron chi connectivity index (χ1n) is 7.14. The summed E-state index contributed by atoms with van der Waals surface area (Å²) in [6.45, 7) is 6.36. The quantitative estimate of drug-likeness (QED) is 0.832. The molecule has 2 atom stereocenters. The molecule has 1 saturated heterocycles. The zero-order valence-corrected chi connectivity index (χ0v) is 12.3. The highest BCUT2D eigenvalue weighted by Crippen LogP contribution is 2.19. The highest BCUT2D eigenvalue weighted by molar-refractivity contribution is 5.02. The van der Waals surface area contributed by atoms with E-state index in [1.165, 1.54) is 0 Å². The third-order valence-corrected chi connectivity index (χ3v) is 3.97. The topological polar surface area (TPSA) is 63.2 Å². The first kappa shape index (κ1) is 14.4. The summed E-state index contributed by atoms with van der Waals surface area (Å²) in [7, 11) is 4.36. The third kappa shape index (κ3) is 3.52. The van der Waals surface area contributed by atoms with Crippen molar-refractivity contribution in [3.05, 3.63) is 11.9 Å². The summed E-state index contributed by atoms with van der Waals surface area (Å²) in [5.74, 6) is 0. The molecular weight excluding hydrogens is 240 g/mol.